The number of fused-ring (bicyclic) bond motifs is 1. The highest BCUT2D eigenvalue weighted by atomic mass is 15.3. The summed E-state index contributed by atoms with van der Waals surface area (Å²) in [6, 6.07) is 8.25. The van der Waals surface area contributed by atoms with E-state index in [0.717, 1.165) is 16.9 Å². The van der Waals surface area contributed by atoms with Crippen molar-refractivity contribution in [3.05, 3.63) is 42.4 Å². The van der Waals surface area contributed by atoms with Crippen molar-refractivity contribution in [2.45, 2.75) is 6.54 Å². The summed E-state index contributed by atoms with van der Waals surface area (Å²) in [4.78, 5) is 0. The number of para-hydroxylation sites is 1. The van der Waals surface area contributed by atoms with Crippen molar-refractivity contribution in [2.24, 2.45) is 14.1 Å². The quantitative estimate of drug-likeness (QED) is 0.762. The molecule has 0 bridgehead atoms. The number of benzene rings is 1. The summed E-state index contributed by atoms with van der Waals surface area (Å²) in [6.45, 7) is 0.701. The Morgan fingerprint density at radius 2 is 2.06 bits per heavy atom. The van der Waals surface area contributed by atoms with Crippen molar-refractivity contribution in [1.29, 1.82) is 0 Å². The van der Waals surface area contributed by atoms with Gasteiger partial charge < -0.3 is 5.32 Å². The Morgan fingerprint density at radius 1 is 1.22 bits per heavy atom. The molecular weight excluding hydrogens is 226 g/mol. The molecule has 1 aromatic carbocycles. The molecule has 0 amide bonds. The van der Waals surface area contributed by atoms with E-state index in [9.17, 15) is 0 Å². The standard InChI is InChI=1S/C13H15N5/c1-17-9-10(7-15-17)14-8-12-11-5-3-4-6-13(11)18(2)16-12/h3-7,9,14H,8H2,1-2H3. The molecule has 0 aliphatic rings. The number of nitrogens with zero attached hydrogens (tertiary/aromatic N) is 4. The summed E-state index contributed by atoms with van der Waals surface area (Å²) in [7, 11) is 3.87. The Labute approximate surface area is 105 Å². The summed E-state index contributed by atoms with van der Waals surface area (Å²) in [5.74, 6) is 0. The van der Waals surface area contributed by atoms with Crippen LogP contribution in [0.1, 0.15) is 5.69 Å². The molecular formula is C13H15N5. The van der Waals surface area contributed by atoms with E-state index in [4.69, 9.17) is 0 Å². The van der Waals surface area contributed by atoms with E-state index in [-0.39, 0.29) is 0 Å². The third-order valence-electron chi connectivity index (χ3n) is 3.00. The third kappa shape index (κ3) is 1.84. The second-order valence-corrected chi connectivity index (χ2v) is 4.34. The zero-order valence-electron chi connectivity index (χ0n) is 10.5. The predicted molar refractivity (Wildman–Crippen MR) is 71.2 cm³/mol. The van der Waals surface area contributed by atoms with Gasteiger partial charge in [-0.3, -0.25) is 9.36 Å². The van der Waals surface area contributed by atoms with Crippen LogP contribution in [0, 0.1) is 0 Å². The molecule has 5 nitrogen and oxygen atoms in total. The molecule has 0 saturated heterocycles. The van der Waals surface area contributed by atoms with Crippen LogP contribution in [-0.2, 0) is 20.6 Å². The molecule has 5 heteroatoms. The zero-order valence-corrected chi connectivity index (χ0v) is 10.5. The molecule has 0 aliphatic carbocycles. The number of anilines is 1. The Kier molecular flexibility index (Phi) is 2.51. The van der Waals surface area contributed by atoms with Gasteiger partial charge in [-0.15, -0.1) is 0 Å². The first-order chi connectivity index (χ1) is 8.74. The summed E-state index contributed by atoms with van der Waals surface area (Å²) in [5.41, 5.74) is 3.21. The zero-order chi connectivity index (χ0) is 12.5. The summed E-state index contributed by atoms with van der Waals surface area (Å²) in [5, 5.41) is 13.2. The van der Waals surface area contributed by atoms with Gasteiger partial charge in [-0.05, 0) is 6.07 Å². The van der Waals surface area contributed by atoms with E-state index >= 15 is 0 Å². The maximum Gasteiger partial charge on any atom is 0.0894 e. The topological polar surface area (TPSA) is 47.7 Å². The van der Waals surface area contributed by atoms with Crippen LogP contribution in [0.4, 0.5) is 5.69 Å². The van der Waals surface area contributed by atoms with E-state index in [1.165, 1.54) is 5.39 Å². The number of hydrogen-bond acceptors (Lipinski definition) is 3. The molecule has 0 saturated carbocycles. The first kappa shape index (κ1) is 10.8. The summed E-state index contributed by atoms with van der Waals surface area (Å²) >= 11 is 0. The SMILES string of the molecule is Cn1cc(NCc2nn(C)c3ccccc23)cn1. The maximum atomic E-state index is 4.54. The van der Waals surface area contributed by atoms with Gasteiger partial charge in [0.15, 0.2) is 0 Å². The van der Waals surface area contributed by atoms with Crippen LogP contribution >= 0.6 is 0 Å². The predicted octanol–water partition coefficient (Wildman–Crippen LogP) is 1.92. The van der Waals surface area contributed by atoms with Crippen LogP contribution in [0.5, 0.6) is 0 Å². The molecule has 0 unspecified atom stereocenters. The van der Waals surface area contributed by atoms with Gasteiger partial charge in [0.2, 0.25) is 0 Å². The molecule has 2 aromatic heterocycles. The molecule has 1 N–H and O–H groups in total. The number of hydrogen-bond donors (Lipinski definition) is 1. The Hall–Kier alpha value is -2.30. The van der Waals surface area contributed by atoms with Crippen LogP contribution in [0.2, 0.25) is 0 Å². The minimum Gasteiger partial charge on any atom is -0.377 e. The lowest BCUT2D eigenvalue weighted by molar-refractivity contribution is 0.767. The van der Waals surface area contributed by atoms with Crippen LogP contribution in [0.15, 0.2) is 36.7 Å². The van der Waals surface area contributed by atoms with Crippen LogP contribution in [0.3, 0.4) is 0 Å². The highest BCUT2D eigenvalue weighted by molar-refractivity contribution is 5.82. The van der Waals surface area contributed by atoms with E-state index in [1.807, 2.05) is 43.3 Å². The first-order valence-corrected chi connectivity index (χ1v) is 5.87. The van der Waals surface area contributed by atoms with Crippen molar-refractivity contribution in [1.82, 2.24) is 19.6 Å². The summed E-state index contributed by atoms with van der Waals surface area (Å²) < 4.78 is 3.69. The fourth-order valence-corrected chi connectivity index (χ4v) is 2.12. The minimum absolute atomic E-state index is 0.701. The Balaban J connectivity index is 1.86. The Bertz CT molecular complexity index is 680. The smallest absolute Gasteiger partial charge is 0.0894 e. The molecule has 0 radical (unpaired) electrons. The van der Waals surface area contributed by atoms with Crippen molar-refractivity contribution < 1.29 is 0 Å². The molecule has 18 heavy (non-hydrogen) atoms. The number of aryl methyl sites for hydroxylation is 2. The lowest BCUT2D eigenvalue weighted by atomic mass is 10.2. The van der Waals surface area contributed by atoms with E-state index in [1.54, 1.807) is 4.68 Å². The second kappa shape index (κ2) is 4.18. The monoisotopic (exact) mass is 241 g/mol. The summed E-state index contributed by atoms with van der Waals surface area (Å²) in [6.07, 6.45) is 3.76. The number of aromatic nitrogens is 4. The second-order valence-electron chi connectivity index (χ2n) is 4.34. The third-order valence-corrected chi connectivity index (χ3v) is 3.00. The lowest BCUT2D eigenvalue weighted by Crippen LogP contribution is -2.00. The van der Waals surface area contributed by atoms with E-state index in [0.29, 0.717) is 6.54 Å². The van der Waals surface area contributed by atoms with Gasteiger partial charge in [0.05, 0.1) is 29.6 Å². The molecule has 0 fully saturated rings. The van der Waals surface area contributed by atoms with Crippen LogP contribution in [-0.4, -0.2) is 19.6 Å². The van der Waals surface area contributed by atoms with Gasteiger partial charge in [-0.25, -0.2) is 0 Å². The normalized spacial score (nSPS) is 11.0. The molecule has 0 spiro atoms. The van der Waals surface area contributed by atoms with Crippen molar-refractivity contribution in [2.75, 3.05) is 5.32 Å². The molecule has 3 aromatic rings. The van der Waals surface area contributed by atoms with E-state index < -0.39 is 0 Å². The number of rotatable bonds is 3. The van der Waals surface area contributed by atoms with E-state index in [2.05, 4.69) is 27.6 Å². The average molecular weight is 241 g/mol. The highest BCUT2D eigenvalue weighted by Gasteiger charge is 2.07. The molecule has 92 valence electrons. The fourth-order valence-electron chi connectivity index (χ4n) is 2.12. The van der Waals surface area contributed by atoms with Gasteiger partial charge in [0.1, 0.15) is 0 Å². The van der Waals surface area contributed by atoms with Crippen LogP contribution in [0.25, 0.3) is 10.9 Å². The largest absolute Gasteiger partial charge is 0.377 e. The number of nitrogens with one attached hydrogen (secondary N) is 1. The van der Waals surface area contributed by atoms with Gasteiger partial charge >= 0.3 is 0 Å². The van der Waals surface area contributed by atoms with Gasteiger partial charge in [0.25, 0.3) is 0 Å². The average Bonchev–Trinajstić information content (AvgIpc) is 2.92. The van der Waals surface area contributed by atoms with Gasteiger partial charge in [-0.2, -0.15) is 10.2 Å². The van der Waals surface area contributed by atoms with Crippen LogP contribution < -0.4 is 5.32 Å². The molecule has 2 heterocycles. The van der Waals surface area contributed by atoms with Crippen molar-refractivity contribution in [3.8, 4) is 0 Å². The maximum absolute atomic E-state index is 4.54. The Morgan fingerprint density at radius 3 is 2.83 bits per heavy atom. The molecule has 0 aliphatic heterocycles. The minimum atomic E-state index is 0.701. The van der Waals surface area contributed by atoms with Gasteiger partial charge in [-0.1, -0.05) is 18.2 Å². The lowest BCUT2D eigenvalue weighted by Gasteiger charge is -2.00. The molecule has 0 atom stereocenters. The highest BCUT2D eigenvalue weighted by Crippen LogP contribution is 2.18. The fraction of sp³-hybridized carbons (Fsp3) is 0.231. The van der Waals surface area contributed by atoms with Crippen molar-refractivity contribution >= 4 is 16.6 Å². The molecule has 3 rings (SSSR count). The van der Waals surface area contributed by atoms with Gasteiger partial charge in [0, 0.05) is 25.7 Å². The first-order valence-electron chi connectivity index (χ1n) is 5.87. The van der Waals surface area contributed by atoms with Crippen molar-refractivity contribution in [3.63, 3.8) is 0 Å².